The topological polar surface area (TPSA) is 65.2 Å². The zero-order valence-corrected chi connectivity index (χ0v) is 8.53. The van der Waals surface area contributed by atoms with Gasteiger partial charge in [0, 0.05) is 22.7 Å². The van der Waals surface area contributed by atoms with Crippen LogP contribution < -0.4 is 5.73 Å². The Labute approximate surface area is 90.8 Å². The van der Waals surface area contributed by atoms with Crippen LogP contribution in [0.3, 0.4) is 0 Å². The third-order valence-corrected chi connectivity index (χ3v) is 2.26. The number of halogens is 1. The van der Waals surface area contributed by atoms with Crippen molar-refractivity contribution in [3.8, 4) is 0 Å². The van der Waals surface area contributed by atoms with Crippen LogP contribution in [0.25, 0.3) is 10.8 Å². The van der Waals surface area contributed by atoms with Crippen molar-refractivity contribution in [3.63, 3.8) is 0 Å². The third kappa shape index (κ3) is 1.56. The predicted octanol–water partition coefficient (Wildman–Crippen LogP) is 1.74. The first kappa shape index (κ1) is 10.4. The van der Waals surface area contributed by atoms with Gasteiger partial charge in [-0.3, -0.25) is 0 Å². The van der Waals surface area contributed by atoms with Crippen LogP contribution in [0.5, 0.6) is 0 Å². The van der Waals surface area contributed by atoms with Gasteiger partial charge >= 0.3 is 5.97 Å². The lowest BCUT2D eigenvalue weighted by Crippen LogP contribution is -2.05. The second-order valence-corrected chi connectivity index (χ2v) is 3.24. The Hall–Kier alpha value is -2.17. The number of ether oxygens (including phenoxy) is 1. The van der Waals surface area contributed by atoms with Crippen LogP contribution in [0.4, 0.5) is 10.1 Å². The maximum Gasteiger partial charge on any atom is 0.357 e. The van der Waals surface area contributed by atoms with Crippen molar-refractivity contribution in [2.75, 3.05) is 12.8 Å². The van der Waals surface area contributed by atoms with Gasteiger partial charge in [0.05, 0.1) is 7.11 Å². The standard InChI is InChI=1S/C11H9FN2O2/c1-16-11(15)10-8-4-6(12)5-9(13)7(8)2-3-14-10/h2-5H,13H2,1H3. The fraction of sp³-hybridized carbons (Fsp3) is 0.0909. The molecule has 1 aromatic heterocycles. The van der Waals surface area contributed by atoms with E-state index < -0.39 is 11.8 Å². The highest BCUT2D eigenvalue weighted by atomic mass is 19.1. The van der Waals surface area contributed by atoms with Crippen LogP contribution in [-0.2, 0) is 4.74 Å². The second-order valence-electron chi connectivity index (χ2n) is 3.24. The largest absolute Gasteiger partial charge is 0.464 e. The van der Waals surface area contributed by atoms with E-state index in [9.17, 15) is 9.18 Å². The van der Waals surface area contributed by atoms with Gasteiger partial charge in [0.1, 0.15) is 5.82 Å². The molecule has 2 aromatic rings. The molecule has 0 radical (unpaired) electrons. The van der Waals surface area contributed by atoms with Gasteiger partial charge in [0.25, 0.3) is 0 Å². The number of nitrogens with zero attached hydrogens (tertiary/aromatic N) is 1. The highest BCUT2D eigenvalue weighted by molar-refractivity contribution is 6.05. The number of methoxy groups -OCH3 is 1. The Kier molecular flexibility index (Phi) is 2.44. The van der Waals surface area contributed by atoms with E-state index in [0.717, 1.165) is 0 Å². The summed E-state index contributed by atoms with van der Waals surface area (Å²) in [6, 6.07) is 4.03. The van der Waals surface area contributed by atoms with Gasteiger partial charge in [-0.1, -0.05) is 0 Å². The molecule has 0 bridgehead atoms. The molecule has 16 heavy (non-hydrogen) atoms. The van der Waals surface area contributed by atoms with Crippen LogP contribution >= 0.6 is 0 Å². The number of carbonyl (C=O) groups excluding carboxylic acids is 1. The van der Waals surface area contributed by atoms with Gasteiger partial charge in [0.15, 0.2) is 5.69 Å². The summed E-state index contributed by atoms with van der Waals surface area (Å²) in [5.74, 6) is -1.13. The Balaban J connectivity index is 2.81. The molecule has 5 heteroatoms. The van der Waals surface area contributed by atoms with E-state index in [4.69, 9.17) is 5.73 Å². The Morgan fingerprint density at radius 3 is 2.88 bits per heavy atom. The average molecular weight is 220 g/mol. The Morgan fingerprint density at radius 1 is 1.44 bits per heavy atom. The molecule has 0 aliphatic rings. The second kappa shape index (κ2) is 3.77. The van der Waals surface area contributed by atoms with Crippen molar-refractivity contribution in [1.82, 2.24) is 4.98 Å². The summed E-state index contributed by atoms with van der Waals surface area (Å²) in [6.45, 7) is 0. The van der Waals surface area contributed by atoms with E-state index >= 15 is 0 Å². The molecular weight excluding hydrogens is 211 g/mol. The number of nitrogens with two attached hydrogens (primary N) is 1. The molecule has 2 rings (SSSR count). The summed E-state index contributed by atoms with van der Waals surface area (Å²) in [4.78, 5) is 15.3. The van der Waals surface area contributed by atoms with E-state index in [1.54, 1.807) is 6.07 Å². The van der Waals surface area contributed by atoms with Crippen LogP contribution in [0.2, 0.25) is 0 Å². The molecular formula is C11H9FN2O2. The normalized spacial score (nSPS) is 10.4. The molecule has 4 nitrogen and oxygen atoms in total. The number of hydrogen-bond acceptors (Lipinski definition) is 4. The predicted molar refractivity (Wildman–Crippen MR) is 57.5 cm³/mol. The maximum absolute atomic E-state index is 13.2. The van der Waals surface area contributed by atoms with Crippen molar-refractivity contribution in [2.45, 2.75) is 0 Å². The van der Waals surface area contributed by atoms with Gasteiger partial charge in [-0.05, 0) is 18.2 Å². The van der Waals surface area contributed by atoms with Crippen LogP contribution in [0.1, 0.15) is 10.5 Å². The third-order valence-electron chi connectivity index (χ3n) is 2.26. The smallest absolute Gasteiger partial charge is 0.357 e. The summed E-state index contributed by atoms with van der Waals surface area (Å²) < 4.78 is 17.7. The minimum Gasteiger partial charge on any atom is -0.464 e. The molecule has 0 amide bonds. The summed E-state index contributed by atoms with van der Waals surface area (Å²) in [7, 11) is 1.24. The Bertz CT molecular complexity index is 569. The van der Waals surface area contributed by atoms with Gasteiger partial charge in [-0.15, -0.1) is 0 Å². The molecule has 82 valence electrons. The molecule has 0 saturated heterocycles. The maximum atomic E-state index is 13.2. The summed E-state index contributed by atoms with van der Waals surface area (Å²) in [5, 5.41) is 0.934. The lowest BCUT2D eigenvalue weighted by atomic mass is 10.1. The number of benzene rings is 1. The van der Waals surface area contributed by atoms with Crippen molar-refractivity contribution >= 4 is 22.4 Å². The van der Waals surface area contributed by atoms with Gasteiger partial charge in [-0.25, -0.2) is 14.2 Å². The first-order valence-electron chi connectivity index (χ1n) is 4.55. The fourth-order valence-electron chi connectivity index (χ4n) is 1.54. The quantitative estimate of drug-likeness (QED) is 0.587. The molecule has 0 saturated carbocycles. The summed E-state index contributed by atoms with van der Waals surface area (Å²) >= 11 is 0. The average Bonchev–Trinajstić information content (AvgIpc) is 2.27. The molecule has 1 aromatic carbocycles. The number of anilines is 1. The number of esters is 1. The zero-order valence-electron chi connectivity index (χ0n) is 8.53. The van der Waals surface area contributed by atoms with Crippen molar-refractivity contribution in [1.29, 1.82) is 0 Å². The summed E-state index contributed by atoms with van der Waals surface area (Å²) in [5.41, 5.74) is 5.98. The highest BCUT2D eigenvalue weighted by Crippen LogP contribution is 2.24. The number of carbonyl (C=O) groups is 1. The van der Waals surface area contributed by atoms with Crippen molar-refractivity contribution in [3.05, 3.63) is 35.9 Å². The highest BCUT2D eigenvalue weighted by Gasteiger charge is 2.13. The molecule has 0 unspecified atom stereocenters. The van der Waals surface area contributed by atoms with E-state index in [1.807, 2.05) is 0 Å². The zero-order chi connectivity index (χ0) is 11.7. The monoisotopic (exact) mass is 220 g/mol. The van der Waals surface area contributed by atoms with Crippen molar-refractivity contribution in [2.24, 2.45) is 0 Å². The number of pyridine rings is 1. The number of hydrogen-bond donors (Lipinski definition) is 1. The molecule has 0 fully saturated rings. The fourth-order valence-corrected chi connectivity index (χ4v) is 1.54. The van der Waals surface area contributed by atoms with E-state index in [2.05, 4.69) is 9.72 Å². The van der Waals surface area contributed by atoms with E-state index in [0.29, 0.717) is 10.8 Å². The summed E-state index contributed by atoms with van der Waals surface area (Å²) in [6.07, 6.45) is 1.43. The van der Waals surface area contributed by atoms with Crippen molar-refractivity contribution < 1.29 is 13.9 Å². The number of nitrogen functional groups attached to an aromatic ring is 1. The molecule has 2 N–H and O–H groups in total. The van der Waals surface area contributed by atoms with E-state index in [-0.39, 0.29) is 11.4 Å². The Morgan fingerprint density at radius 2 is 2.19 bits per heavy atom. The minimum atomic E-state index is -0.615. The van der Waals surface area contributed by atoms with Gasteiger partial charge in [0.2, 0.25) is 0 Å². The molecule has 0 spiro atoms. The van der Waals surface area contributed by atoms with Gasteiger partial charge < -0.3 is 10.5 Å². The first-order chi connectivity index (χ1) is 7.63. The number of fused-ring (bicyclic) bond motifs is 1. The SMILES string of the molecule is COC(=O)c1nccc2c(N)cc(F)cc12. The number of rotatable bonds is 1. The van der Waals surface area contributed by atoms with Crippen LogP contribution in [-0.4, -0.2) is 18.1 Å². The van der Waals surface area contributed by atoms with Crippen LogP contribution in [0.15, 0.2) is 24.4 Å². The van der Waals surface area contributed by atoms with E-state index in [1.165, 1.54) is 25.4 Å². The van der Waals surface area contributed by atoms with Gasteiger partial charge in [-0.2, -0.15) is 0 Å². The molecule has 0 aliphatic heterocycles. The lowest BCUT2D eigenvalue weighted by molar-refractivity contribution is 0.0596. The lowest BCUT2D eigenvalue weighted by Gasteiger charge is -2.06. The molecule has 1 heterocycles. The number of aromatic nitrogens is 1. The first-order valence-corrected chi connectivity index (χ1v) is 4.55. The molecule has 0 aliphatic carbocycles. The molecule has 0 atom stereocenters. The van der Waals surface area contributed by atoms with Crippen LogP contribution in [0, 0.1) is 5.82 Å². The minimum absolute atomic E-state index is 0.0613.